The molecule has 0 heterocycles. The highest BCUT2D eigenvalue weighted by Crippen LogP contribution is 2.23. The molecule has 2 N–H and O–H groups in total. The lowest BCUT2D eigenvalue weighted by atomic mass is 10.2. The van der Waals surface area contributed by atoms with Gasteiger partial charge in [-0.25, -0.2) is 0 Å². The summed E-state index contributed by atoms with van der Waals surface area (Å²) in [6.07, 6.45) is 0. The van der Waals surface area contributed by atoms with Gasteiger partial charge in [0, 0.05) is 16.2 Å². The molecule has 0 aliphatic rings. The van der Waals surface area contributed by atoms with E-state index in [0.717, 1.165) is 10.0 Å². The number of hydrogen-bond donors (Lipinski definition) is 2. The molecule has 0 fully saturated rings. The highest BCUT2D eigenvalue weighted by molar-refractivity contribution is 9.10. The van der Waals surface area contributed by atoms with Crippen molar-refractivity contribution in [2.24, 2.45) is 0 Å². The molecule has 0 bridgehead atoms. The van der Waals surface area contributed by atoms with Crippen LogP contribution in [0.1, 0.15) is 17.3 Å². The van der Waals surface area contributed by atoms with Crippen molar-refractivity contribution in [2.45, 2.75) is 6.92 Å². The minimum atomic E-state index is -0.365. The summed E-state index contributed by atoms with van der Waals surface area (Å²) in [5, 5.41) is 5.78. The Labute approximate surface area is 166 Å². The summed E-state index contributed by atoms with van der Waals surface area (Å²) in [5.41, 5.74) is 2.01. The summed E-state index contributed by atoms with van der Waals surface area (Å²) < 4.78 is 11.6. The minimum Gasteiger partial charge on any atom is -0.496 e. The predicted molar refractivity (Wildman–Crippen MR) is 111 cm³/mol. The summed E-state index contributed by atoms with van der Waals surface area (Å²) in [4.78, 5) is 12.4. The molecule has 0 aliphatic heterocycles. The average Bonchev–Trinajstić information content (AvgIpc) is 2.60. The van der Waals surface area contributed by atoms with Crippen LogP contribution in [-0.2, 0) is 0 Å². The number of carbonyl (C=O) groups excluding carboxylic acids is 1. The van der Waals surface area contributed by atoms with Crippen LogP contribution in [0.25, 0.3) is 0 Å². The van der Waals surface area contributed by atoms with Crippen LogP contribution in [0.4, 0.5) is 5.69 Å². The molecule has 136 valence electrons. The van der Waals surface area contributed by atoms with Gasteiger partial charge in [0.1, 0.15) is 18.1 Å². The molecular weight excluding hydrogens is 416 g/mol. The molecule has 7 heteroatoms. The number of hydrogen-bond acceptors (Lipinski definition) is 4. The summed E-state index contributed by atoms with van der Waals surface area (Å²) in [7, 11) is 1.51. The molecule has 26 heavy (non-hydrogen) atoms. The number of ether oxygens (including phenoxy) is 2. The van der Waals surface area contributed by atoms with E-state index in [-0.39, 0.29) is 11.0 Å². The lowest BCUT2D eigenvalue weighted by Crippen LogP contribution is -2.34. The summed E-state index contributed by atoms with van der Waals surface area (Å²) in [6.45, 7) is 6.13. The highest BCUT2D eigenvalue weighted by Gasteiger charge is 2.14. The van der Waals surface area contributed by atoms with E-state index in [9.17, 15) is 4.79 Å². The number of benzene rings is 2. The molecule has 0 aromatic heterocycles. The Morgan fingerprint density at radius 1 is 1.27 bits per heavy atom. The Kier molecular flexibility index (Phi) is 7.17. The van der Waals surface area contributed by atoms with Crippen LogP contribution in [0.2, 0.25) is 0 Å². The molecule has 0 saturated heterocycles. The molecule has 0 saturated carbocycles. The Balaban J connectivity index is 2.02. The van der Waals surface area contributed by atoms with Crippen LogP contribution >= 0.6 is 28.1 Å². The van der Waals surface area contributed by atoms with Gasteiger partial charge in [0.2, 0.25) is 0 Å². The lowest BCUT2D eigenvalue weighted by molar-refractivity contribution is 0.0974. The average molecular weight is 435 g/mol. The maximum Gasteiger partial charge on any atom is 0.261 e. The normalized spacial score (nSPS) is 9.96. The van der Waals surface area contributed by atoms with Gasteiger partial charge in [-0.2, -0.15) is 0 Å². The van der Waals surface area contributed by atoms with Crippen molar-refractivity contribution in [1.82, 2.24) is 5.32 Å². The van der Waals surface area contributed by atoms with Crippen molar-refractivity contribution < 1.29 is 14.3 Å². The zero-order valence-electron chi connectivity index (χ0n) is 14.5. The largest absolute Gasteiger partial charge is 0.496 e. The van der Waals surface area contributed by atoms with Crippen molar-refractivity contribution in [3.63, 3.8) is 0 Å². The molecule has 0 radical (unpaired) electrons. The molecule has 1 amide bonds. The smallest absolute Gasteiger partial charge is 0.261 e. The summed E-state index contributed by atoms with van der Waals surface area (Å²) in [6, 6.07) is 12.5. The number of amides is 1. The van der Waals surface area contributed by atoms with Gasteiger partial charge in [-0.1, -0.05) is 28.6 Å². The topological polar surface area (TPSA) is 59.6 Å². The number of carbonyl (C=O) groups is 1. The molecule has 0 aliphatic carbocycles. The van der Waals surface area contributed by atoms with Gasteiger partial charge >= 0.3 is 0 Å². The number of methoxy groups -OCH3 is 1. The first-order valence-electron chi connectivity index (χ1n) is 7.72. The van der Waals surface area contributed by atoms with E-state index in [1.54, 1.807) is 24.3 Å². The fourth-order valence-electron chi connectivity index (χ4n) is 2.06. The van der Waals surface area contributed by atoms with Crippen LogP contribution in [0.5, 0.6) is 11.5 Å². The van der Waals surface area contributed by atoms with Crippen molar-refractivity contribution >= 4 is 44.9 Å². The van der Waals surface area contributed by atoms with Crippen LogP contribution in [0.15, 0.2) is 59.1 Å². The number of rotatable bonds is 6. The van der Waals surface area contributed by atoms with Crippen LogP contribution in [0.3, 0.4) is 0 Å². The lowest BCUT2D eigenvalue weighted by Gasteiger charge is -2.13. The molecule has 2 aromatic rings. The predicted octanol–water partition coefficient (Wildman–Crippen LogP) is 4.54. The van der Waals surface area contributed by atoms with E-state index in [1.807, 2.05) is 25.1 Å². The van der Waals surface area contributed by atoms with Gasteiger partial charge in [-0.05, 0) is 55.0 Å². The zero-order valence-corrected chi connectivity index (χ0v) is 16.9. The third-order valence-corrected chi connectivity index (χ3v) is 3.91. The Hall–Kier alpha value is -2.38. The number of anilines is 1. The standard InChI is InChI=1S/C19H19BrN2O3S/c1-12(2)11-25-15-6-4-5-14(10-15)21-19(26)22-18(23)16-9-13(20)7-8-17(16)24-3/h4-10H,1,11H2,2-3H3,(H2,21,22,23,26). The second-order valence-corrected chi connectivity index (χ2v) is 6.85. The van der Waals surface area contributed by atoms with Gasteiger partial charge in [0.05, 0.1) is 12.7 Å². The fourth-order valence-corrected chi connectivity index (χ4v) is 2.63. The third kappa shape index (κ3) is 5.86. The van der Waals surface area contributed by atoms with Gasteiger partial charge in [0.15, 0.2) is 5.11 Å². The minimum absolute atomic E-state index is 0.175. The van der Waals surface area contributed by atoms with E-state index in [1.165, 1.54) is 7.11 Å². The number of nitrogens with one attached hydrogen (secondary N) is 2. The molecule has 5 nitrogen and oxygen atoms in total. The quantitative estimate of drug-likeness (QED) is 0.516. The van der Waals surface area contributed by atoms with Gasteiger partial charge in [-0.15, -0.1) is 0 Å². The maximum absolute atomic E-state index is 12.4. The molecule has 0 unspecified atom stereocenters. The van der Waals surface area contributed by atoms with Gasteiger partial charge in [-0.3, -0.25) is 10.1 Å². The number of thiocarbonyl (C=S) groups is 1. The summed E-state index contributed by atoms with van der Waals surface area (Å²) in [5.74, 6) is 0.778. The van der Waals surface area contributed by atoms with E-state index in [0.29, 0.717) is 29.4 Å². The summed E-state index contributed by atoms with van der Waals surface area (Å²) >= 11 is 8.57. The molecule has 2 aromatic carbocycles. The molecule has 2 rings (SSSR count). The third-order valence-electron chi connectivity index (χ3n) is 3.21. The first-order chi connectivity index (χ1) is 12.4. The Morgan fingerprint density at radius 3 is 2.73 bits per heavy atom. The van der Waals surface area contributed by atoms with Crippen molar-refractivity contribution in [3.8, 4) is 11.5 Å². The van der Waals surface area contributed by atoms with Gasteiger partial charge in [0.25, 0.3) is 5.91 Å². The van der Waals surface area contributed by atoms with Crippen molar-refractivity contribution in [2.75, 3.05) is 19.0 Å². The van der Waals surface area contributed by atoms with E-state index in [4.69, 9.17) is 21.7 Å². The Morgan fingerprint density at radius 2 is 2.04 bits per heavy atom. The second-order valence-electron chi connectivity index (χ2n) is 5.53. The number of halogens is 1. The molecule has 0 atom stereocenters. The molecule has 0 spiro atoms. The SMILES string of the molecule is C=C(C)COc1cccc(NC(=S)NC(=O)c2cc(Br)ccc2OC)c1. The van der Waals surface area contributed by atoms with Crippen LogP contribution in [-0.4, -0.2) is 24.7 Å². The monoisotopic (exact) mass is 434 g/mol. The molecular formula is C19H19BrN2O3S. The van der Waals surface area contributed by atoms with E-state index >= 15 is 0 Å². The van der Waals surface area contributed by atoms with Crippen molar-refractivity contribution in [1.29, 1.82) is 0 Å². The van der Waals surface area contributed by atoms with E-state index in [2.05, 4.69) is 33.1 Å². The van der Waals surface area contributed by atoms with E-state index < -0.39 is 0 Å². The first-order valence-corrected chi connectivity index (χ1v) is 8.92. The highest BCUT2D eigenvalue weighted by atomic mass is 79.9. The van der Waals surface area contributed by atoms with Crippen LogP contribution in [0, 0.1) is 0 Å². The second kappa shape index (κ2) is 9.35. The van der Waals surface area contributed by atoms with Gasteiger partial charge < -0.3 is 14.8 Å². The maximum atomic E-state index is 12.4. The van der Waals surface area contributed by atoms with Crippen LogP contribution < -0.4 is 20.1 Å². The fraction of sp³-hybridized carbons (Fsp3) is 0.158. The first kappa shape index (κ1) is 19.9. The zero-order chi connectivity index (χ0) is 19.1. The Bertz CT molecular complexity index is 839. The van der Waals surface area contributed by atoms with Crippen molar-refractivity contribution in [3.05, 3.63) is 64.7 Å².